The van der Waals surface area contributed by atoms with Gasteiger partial charge in [0.2, 0.25) is 0 Å². The number of nitrogens with one attached hydrogen (secondary N) is 1. The first kappa shape index (κ1) is 16.0. The normalized spacial score (nSPS) is 12.4. The molecule has 1 N–H and O–H groups in total. The maximum atomic E-state index is 14.1. The summed E-state index contributed by atoms with van der Waals surface area (Å²) < 4.78 is 14.1. The molecule has 2 aromatic carbocycles. The summed E-state index contributed by atoms with van der Waals surface area (Å²) in [4.78, 5) is 0. The smallest absolute Gasteiger partial charge is 0.128 e. The van der Waals surface area contributed by atoms with Crippen LogP contribution in [0.25, 0.3) is 0 Å². The predicted octanol–water partition coefficient (Wildman–Crippen LogP) is 5.07. The molecule has 0 saturated carbocycles. The fourth-order valence-corrected chi connectivity index (χ4v) is 2.53. The first-order chi connectivity index (χ1) is 10.1. The van der Waals surface area contributed by atoms with E-state index in [0.29, 0.717) is 10.6 Å². The zero-order valence-corrected chi connectivity index (χ0v) is 13.3. The van der Waals surface area contributed by atoms with E-state index in [2.05, 4.69) is 43.4 Å². The van der Waals surface area contributed by atoms with Crippen LogP contribution in [0.1, 0.15) is 36.1 Å². The molecule has 2 rings (SSSR count). The van der Waals surface area contributed by atoms with Crippen molar-refractivity contribution in [1.29, 1.82) is 0 Å². The van der Waals surface area contributed by atoms with Crippen LogP contribution in [0.15, 0.2) is 42.5 Å². The summed E-state index contributed by atoms with van der Waals surface area (Å²) in [5.74, 6) is -0.208. The van der Waals surface area contributed by atoms with Crippen molar-refractivity contribution >= 4 is 11.6 Å². The Labute approximate surface area is 131 Å². The van der Waals surface area contributed by atoms with Gasteiger partial charge in [-0.15, -0.1) is 0 Å². The van der Waals surface area contributed by atoms with Crippen LogP contribution in [0.3, 0.4) is 0 Å². The first-order valence-corrected chi connectivity index (χ1v) is 7.72. The molecule has 0 saturated heterocycles. The monoisotopic (exact) mass is 305 g/mol. The highest BCUT2D eigenvalue weighted by molar-refractivity contribution is 6.30. The molecule has 0 fully saturated rings. The van der Waals surface area contributed by atoms with Crippen LogP contribution in [0, 0.1) is 12.7 Å². The van der Waals surface area contributed by atoms with Crippen molar-refractivity contribution in [2.75, 3.05) is 6.54 Å². The Morgan fingerprint density at radius 3 is 2.52 bits per heavy atom. The van der Waals surface area contributed by atoms with Gasteiger partial charge in [0.15, 0.2) is 0 Å². The molecule has 21 heavy (non-hydrogen) atoms. The Bertz CT molecular complexity index is 580. The van der Waals surface area contributed by atoms with Crippen LogP contribution in [0.5, 0.6) is 0 Å². The van der Waals surface area contributed by atoms with Crippen LogP contribution >= 0.6 is 11.6 Å². The Morgan fingerprint density at radius 2 is 1.86 bits per heavy atom. The van der Waals surface area contributed by atoms with Gasteiger partial charge in [0.05, 0.1) is 0 Å². The fourth-order valence-electron chi connectivity index (χ4n) is 2.35. The molecule has 0 aliphatic rings. The van der Waals surface area contributed by atoms with Gasteiger partial charge in [-0.25, -0.2) is 4.39 Å². The van der Waals surface area contributed by atoms with Crippen LogP contribution in [0.4, 0.5) is 4.39 Å². The van der Waals surface area contributed by atoms with E-state index >= 15 is 0 Å². The quantitative estimate of drug-likeness (QED) is 0.785. The standard InChI is InChI=1S/C18H21ClFN/c1-3-10-21-18(11-14-6-4-13(2)5-7-14)16-12-15(19)8-9-17(16)20/h4-9,12,18,21H,3,10-11H2,1-2H3. The van der Waals surface area contributed by atoms with E-state index < -0.39 is 0 Å². The summed E-state index contributed by atoms with van der Waals surface area (Å²) in [6, 6.07) is 13.0. The average molecular weight is 306 g/mol. The minimum absolute atomic E-state index is 0.0636. The summed E-state index contributed by atoms with van der Waals surface area (Å²) in [7, 11) is 0. The number of aryl methyl sites for hydroxylation is 1. The van der Waals surface area contributed by atoms with Crippen molar-refractivity contribution < 1.29 is 4.39 Å². The topological polar surface area (TPSA) is 12.0 Å². The highest BCUT2D eigenvalue weighted by Crippen LogP contribution is 2.24. The van der Waals surface area contributed by atoms with Crippen molar-refractivity contribution in [3.05, 3.63) is 70.0 Å². The zero-order valence-electron chi connectivity index (χ0n) is 12.5. The summed E-state index contributed by atoms with van der Waals surface area (Å²) in [5, 5.41) is 3.99. The van der Waals surface area contributed by atoms with Gasteiger partial charge < -0.3 is 5.32 Å². The maximum Gasteiger partial charge on any atom is 0.128 e. The zero-order chi connectivity index (χ0) is 15.2. The Morgan fingerprint density at radius 1 is 1.14 bits per heavy atom. The van der Waals surface area contributed by atoms with Gasteiger partial charge in [0, 0.05) is 16.6 Å². The van der Waals surface area contributed by atoms with E-state index in [1.54, 1.807) is 12.1 Å². The van der Waals surface area contributed by atoms with Crippen molar-refractivity contribution in [3.63, 3.8) is 0 Å². The first-order valence-electron chi connectivity index (χ1n) is 7.34. The molecular weight excluding hydrogens is 285 g/mol. The molecule has 2 aromatic rings. The van der Waals surface area contributed by atoms with E-state index in [9.17, 15) is 4.39 Å². The number of benzene rings is 2. The van der Waals surface area contributed by atoms with Crippen molar-refractivity contribution in [2.45, 2.75) is 32.7 Å². The van der Waals surface area contributed by atoms with E-state index in [1.165, 1.54) is 17.2 Å². The average Bonchev–Trinajstić information content (AvgIpc) is 2.48. The summed E-state index contributed by atoms with van der Waals surface area (Å²) in [6.45, 7) is 5.01. The van der Waals surface area contributed by atoms with Gasteiger partial charge in [0.1, 0.15) is 5.82 Å². The molecule has 0 bridgehead atoms. The van der Waals surface area contributed by atoms with Gasteiger partial charge in [-0.05, 0) is 50.1 Å². The highest BCUT2D eigenvalue weighted by atomic mass is 35.5. The lowest BCUT2D eigenvalue weighted by Crippen LogP contribution is -2.25. The van der Waals surface area contributed by atoms with Gasteiger partial charge >= 0.3 is 0 Å². The van der Waals surface area contributed by atoms with E-state index in [1.807, 2.05) is 0 Å². The summed E-state index contributed by atoms with van der Waals surface area (Å²) in [6.07, 6.45) is 1.75. The van der Waals surface area contributed by atoms with Crippen LogP contribution in [0.2, 0.25) is 5.02 Å². The lowest BCUT2D eigenvalue weighted by Gasteiger charge is -2.20. The second kappa shape index (κ2) is 7.58. The number of halogens is 2. The third-order valence-electron chi connectivity index (χ3n) is 3.53. The minimum Gasteiger partial charge on any atom is -0.310 e. The molecule has 0 spiro atoms. The lowest BCUT2D eigenvalue weighted by atomic mass is 9.97. The van der Waals surface area contributed by atoms with Gasteiger partial charge in [0.25, 0.3) is 0 Å². The van der Waals surface area contributed by atoms with Crippen LogP contribution in [-0.4, -0.2) is 6.54 Å². The lowest BCUT2D eigenvalue weighted by molar-refractivity contribution is 0.497. The molecule has 112 valence electrons. The molecular formula is C18H21ClFN. The molecule has 0 aromatic heterocycles. The van der Waals surface area contributed by atoms with Gasteiger partial charge in [-0.3, -0.25) is 0 Å². The highest BCUT2D eigenvalue weighted by Gasteiger charge is 2.16. The Balaban J connectivity index is 2.25. The minimum atomic E-state index is -0.208. The van der Waals surface area contributed by atoms with Gasteiger partial charge in [-0.1, -0.05) is 48.4 Å². The van der Waals surface area contributed by atoms with E-state index in [0.717, 1.165) is 19.4 Å². The number of hydrogen-bond donors (Lipinski definition) is 1. The van der Waals surface area contributed by atoms with Gasteiger partial charge in [-0.2, -0.15) is 0 Å². The SMILES string of the molecule is CCCNC(Cc1ccc(C)cc1)c1cc(Cl)ccc1F. The van der Waals surface area contributed by atoms with Crippen molar-refractivity contribution in [3.8, 4) is 0 Å². The van der Waals surface area contributed by atoms with E-state index in [4.69, 9.17) is 11.6 Å². The molecule has 0 aliphatic carbocycles. The Kier molecular flexibility index (Phi) is 5.77. The summed E-state index contributed by atoms with van der Waals surface area (Å²) in [5.41, 5.74) is 3.05. The molecule has 1 atom stereocenters. The van der Waals surface area contributed by atoms with Crippen LogP contribution < -0.4 is 5.32 Å². The molecule has 0 heterocycles. The molecule has 3 heteroatoms. The fraction of sp³-hybridized carbons (Fsp3) is 0.333. The third-order valence-corrected chi connectivity index (χ3v) is 3.77. The third kappa shape index (κ3) is 4.55. The van der Waals surface area contributed by atoms with E-state index in [-0.39, 0.29) is 11.9 Å². The molecule has 1 nitrogen and oxygen atoms in total. The molecule has 0 aliphatic heterocycles. The molecule has 0 amide bonds. The second-order valence-electron chi connectivity index (χ2n) is 5.36. The largest absolute Gasteiger partial charge is 0.310 e. The maximum absolute atomic E-state index is 14.1. The predicted molar refractivity (Wildman–Crippen MR) is 87.3 cm³/mol. The number of hydrogen-bond acceptors (Lipinski definition) is 1. The van der Waals surface area contributed by atoms with Crippen LogP contribution in [-0.2, 0) is 6.42 Å². The molecule has 0 radical (unpaired) electrons. The number of rotatable bonds is 6. The van der Waals surface area contributed by atoms with Crippen molar-refractivity contribution in [1.82, 2.24) is 5.32 Å². The molecule has 1 unspecified atom stereocenters. The van der Waals surface area contributed by atoms with Crippen molar-refractivity contribution in [2.24, 2.45) is 0 Å². The summed E-state index contributed by atoms with van der Waals surface area (Å²) >= 11 is 6.02. The second-order valence-corrected chi connectivity index (χ2v) is 5.80. The Hall–Kier alpha value is -1.38.